The highest BCUT2D eigenvalue weighted by molar-refractivity contribution is 5.96. The van der Waals surface area contributed by atoms with E-state index in [0.717, 1.165) is 16.8 Å². The van der Waals surface area contributed by atoms with Gasteiger partial charge in [-0.1, -0.05) is 0 Å². The fourth-order valence-corrected chi connectivity index (χ4v) is 3.78. The van der Waals surface area contributed by atoms with Gasteiger partial charge in [0.05, 0.1) is 24.2 Å². The summed E-state index contributed by atoms with van der Waals surface area (Å²) in [5.41, 5.74) is 15.1. The van der Waals surface area contributed by atoms with Crippen LogP contribution in [0.1, 0.15) is 53.9 Å². The van der Waals surface area contributed by atoms with E-state index in [-0.39, 0.29) is 43.4 Å². The molecule has 12 heteroatoms. The Morgan fingerprint density at radius 1 is 1.00 bits per heavy atom. The summed E-state index contributed by atoms with van der Waals surface area (Å²) in [5.74, 6) is -1.20. The molecule has 0 aromatic carbocycles. The number of carbonyl (C=O) groups excluding carboxylic acids is 3. The summed E-state index contributed by atoms with van der Waals surface area (Å²) in [5, 5.41) is 3.30. The topological polar surface area (TPSA) is 185 Å². The number of amides is 1. The van der Waals surface area contributed by atoms with Crippen molar-refractivity contribution < 1.29 is 23.9 Å². The molecule has 0 bridgehead atoms. The van der Waals surface area contributed by atoms with Gasteiger partial charge in [0.15, 0.2) is 5.65 Å². The lowest BCUT2D eigenvalue weighted by atomic mass is 10.0. The molecule has 0 saturated heterocycles. The summed E-state index contributed by atoms with van der Waals surface area (Å²) in [6.07, 6.45) is 4.45. The van der Waals surface area contributed by atoms with E-state index in [1.165, 1.54) is 6.20 Å². The second kappa shape index (κ2) is 12.6. The van der Waals surface area contributed by atoms with E-state index in [9.17, 15) is 14.4 Å². The highest BCUT2D eigenvalue weighted by Crippen LogP contribution is 2.24. The van der Waals surface area contributed by atoms with E-state index in [0.29, 0.717) is 23.9 Å². The number of ether oxygens (including phenoxy) is 2. The number of nitrogens with zero attached hydrogens (tertiary/aromatic N) is 4. The van der Waals surface area contributed by atoms with Crippen molar-refractivity contribution in [1.82, 2.24) is 25.3 Å². The summed E-state index contributed by atoms with van der Waals surface area (Å²) in [6.45, 7) is 5.68. The van der Waals surface area contributed by atoms with E-state index in [1.54, 1.807) is 32.2 Å². The Kier molecular flexibility index (Phi) is 9.25. The zero-order chi connectivity index (χ0) is 26.9. The van der Waals surface area contributed by atoms with Gasteiger partial charge in [-0.2, -0.15) is 9.97 Å². The normalized spacial score (nSPS) is 11.6. The minimum atomic E-state index is -0.980. The van der Waals surface area contributed by atoms with E-state index in [4.69, 9.17) is 20.9 Å². The number of fused-ring (bicyclic) bond motifs is 1. The van der Waals surface area contributed by atoms with Crippen molar-refractivity contribution in [2.75, 3.05) is 24.7 Å². The third-order valence-electron chi connectivity index (χ3n) is 5.69. The van der Waals surface area contributed by atoms with Crippen LogP contribution in [0.2, 0.25) is 0 Å². The van der Waals surface area contributed by atoms with Gasteiger partial charge in [0.25, 0.3) is 5.91 Å². The first-order valence-corrected chi connectivity index (χ1v) is 12.0. The van der Waals surface area contributed by atoms with Crippen molar-refractivity contribution in [3.05, 3.63) is 46.9 Å². The Balaban J connectivity index is 1.64. The maximum Gasteiger partial charge on any atom is 0.328 e. The minimum Gasteiger partial charge on any atom is -0.466 e. The standard InChI is InChI=1S/C25H31N7O5/c1-4-36-19(33)11-10-18(24(35)37-5-2)30-23(34)16-7-9-17(28-13-16)8-6-15-12-29-22-20(14(15)3)21(26)31-25(27)32-22/h7,9,12-13,18H,4-6,8,10-11H2,1-3H3,(H,30,34)(H4,26,27,29,31,32)/t18-/m0/s1. The molecule has 1 amide bonds. The lowest BCUT2D eigenvalue weighted by Crippen LogP contribution is -2.42. The smallest absolute Gasteiger partial charge is 0.328 e. The van der Waals surface area contributed by atoms with Crippen LogP contribution in [0.4, 0.5) is 11.8 Å². The molecule has 0 aliphatic rings. The van der Waals surface area contributed by atoms with Gasteiger partial charge in [0, 0.05) is 24.5 Å². The average molecular weight is 510 g/mol. The molecule has 0 aliphatic heterocycles. The third kappa shape index (κ3) is 7.09. The molecule has 12 nitrogen and oxygen atoms in total. The maximum absolute atomic E-state index is 12.7. The highest BCUT2D eigenvalue weighted by Gasteiger charge is 2.24. The van der Waals surface area contributed by atoms with E-state index >= 15 is 0 Å². The monoisotopic (exact) mass is 509 g/mol. The van der Waals surface area contributed by atoms with Crippen molar-refractivity contribution in [2.24, 2.45) is 0 Å². The molecule has 37 heavy (non-hydrogen) atoms. The number of nitrogens with one attached hydrogen (secondary N) is 1. The van der Waals surface area contributed by atoms with E-state index in [2.05, 4.69) is 25.3 Å². The summed E-state index contributed by atoms with van der Waals surface area (Å²) >= 11 is 0. The predicted molar refractivity (Wildman–Crippen MR) is 136 cm³/mol. The molecule has 196 valence electrons. The van der Waals surface area contributed by atoms with Crippen molar-refractivity contribution in [1.29, 1.82) is 0 Å². The number of aromatic nitrogens is 4. The largest absolute Gasteiger partial charge is 0.466 e. The number of hydrogen-bond acceptors (Lipinski definition) is 11. The van der Waals surface area contributed by atoms with Crippen LogP contribution in [-0.2, 0) is 31.9 Å². The van der Waals surface area contributed by atoms with Crippen molar-refractivity contribution in [3.8, 4) is 0 Å². The fourth-order valence-electron chi connectivity index (χ4n) is 3.78. The maximum atomic E-state index is 12.7. The molecule has 3 heterocycles. The minimum absolute atomic E-state index is 0.0248. The first-order chi connectivity index (χ1) is 17.7. The molecular weight excluding hydrogens is 478 g/mol. The second-order valence-electron chi connectivity index (χ2n) is 8.23. The lowest BCUT2D eigenvalue weighted by Gasteiger charge is -2.17. The van der Waals surface area contributed by atoms with Crippen LogP contribution in [0.15, 0.2) is 24.5 Å². The number of carbonyl (C=O) groups is 3. The van der Waals surface area contributed by atoms with Gasteiger partial charge in [-0.15, -0.1) is 0 Å². The van der Waals surface area contributed by atoms with Crippen molar-refractivity contribution in [2.45, 2.75) is 52.5 Å². The molecule has 0 unspecified atom stereocenters. The summed E-state index contributed by atoms with van der Waals surface area (Å²) in [6, 6.07) is 2.40. The molecule has 0 fully saturated rings. The number of pyridine rings is 2. The van der Waals surface area contributed by atoms with Crippen LogP contribution in [0.5, 0.6) is 0 Å². The number of aryl methyl sites for hydroxylation is 3. The Hall–Kier alpha value is -4.35. The summed E-state index contributed by atoms with van der Waals surface area (Å²) in [7, 11) is 0. The summed E-state index contributed by atoms with van der Waals surface area (Å²) in [4.78, 5) is 53.6. The van der Waals surface area contributed by atoms with Crippen molar-refractivity contribution >= 4 is 40.6 Å². The lowest BCUT2D eigenvalue weighted by molar-refractivity contribution is -0.146. The molecule has 1 atom stereocenters. The van der Waals surface area contributed by atoms with Crippen LogP contribution in [0.25, 0.3) is 11.0 Å². The quantitative estimate of drug-likeness (QED) is 0.319. The third-order valence-corrected chi connectivity index (χ3v) is 5.69. The summed E-state index contributed by atoms with van der Waals surface area (Å²) < 4.78 is 9.92. The van der Waals surface area contributed by atoms with Gasteiger partial charge in [-0.25, -0.2) is 9.78 Å². The second-order valence-corrected chi connectivity index (χ2v) is 8.23. The highest BCUT2D eigenvalue weighted by atomic mass is 16.5. The van der Waals surface area contributed by atoms with Crippen molar-refractivity contribution in [3.63, 3.8) is 0 Å². The van der Waals surface area contributed by atoms with E-state index < -0.39 is 23.9 Å². The van der Waals surface area contributed by atoms with Gasteiger partial charge in [0.2, 0.25) is 5.95 Å². The number of rotatable bonds is 11. The van der Waals surface area contributed by atoms with Crippen LogP contribution < -0.4 is 16.8 Å². The van der Waals surface area contributed by atoms with Gasteiger partial charge in [-0.3, -0.25) is 14.6 Å². The van der Waals surface area contributed by atoms with E-state index in [1.807, 2.05) is 6.92 Å². The fraction of sp³-hybridized carbons (Fsp3) is 0.400. The first kappa shape index (κ1) is 27.2. The molecule has 0 spiro atoms. The number of nitrogen functional groups attached to an aromatic ring is 2. The Labute approximate surface area is 214 Å². The van der Waals surface area contributed by atoms with Gasteiger partial charge in [-0.05, 0) is 63.3 Å². The molecular formula is C25H31N7O5. The van der Waals surface area contributed by atoms with Crippen LogP contribution in [0, 0.1) is 6.92 Å². The molecule has 0 aliphatic carbocycles. The molecule has 0 radical (unpaired) electrons. The number of hydrogen-bond donors (Lipinski definition) is 3. The molecule has 3 aromatic rings. The Bertz CT molecular complexity index is 1280. The molecule has 3 rings (SSSR count). The van der Waals surface area contributed by atoms with Crippen LogP contribution in [0.3, 0.4) is 0 Å². The van der Waals surface area contributed by atoms with Gasteiger partial charge in [0.1, 0.15) is 11.9 Å². The average Bonchev–Trinajstić information content (AvgIpc) is 2.86. The molecule has 5 N–H and O–H groups in total. The molecule has 0 saturated carbocycles. The number of nitrogens with two attached hydrogens (primary N) is 2. The Morgan fingerprint density at radius 2 is 1.76 bits per heavy atom. The SMILES string of the molecule is CCOC(=O)CC[C@H](NC(=O)c1ccc(CCc2cnc3nc(N)nc(N)c3c2C)nc1)C(=O)OCC. The Morgan fingerprint density at radius 3 is 2.43 bits per heavy atom. The molecule has 3 aromatic heterocycles. The van der Waals surface area contributed by atoms with Gasteiger partial charge >= 0.3 is 11.9 Å². The zero-order valence-corrected chi connectivity index (χ0v) is 21.1. The van der Waals surface area contributed by atoms with Crippen LogP contribution >= 0.6 is 0 Å². The number of esters is 2. The predicted octanol–water partition coefficient (Wildman–Crippen LogP) is 1.68. The first-order valence-electron chi connectivity index (χ1n) is 12.0. The van der Waals surface area contributed by atoms with Gasteiger partial charge < -0.3 is 26.3 Å². The number of anilines is 2. The zero-order valence-electron chi connectivity index (χ0n) is 21.1. The van der Waals surface area contributed by atoms with Crippen LogP contribution in [-0.4, -0.2) is 57.0 Å².